The molecule has 2 aromatic carbocycles. The number of benzene rings is 2. The molecule has 162 valence electrons. The first-order valence-electron chi connectivity index (χ1n) is 10.5. The molecule has 1 N–H and O–H groups in total. The number of aromatic nitrogens is 3. The minimum Gasteiger partial charge on any atom is -0.496 e. The number of carbonyl (C=O) groups is 1. The van der Waals surface area contributed by atoms with E-state index in [-0.39, 0.29) is 17.4 Å². The lowest BCUT2D eigenvalue weighted by atomic mass is 9.85. The van der Waals surface area contributed by atoms with Gasteiger partial charge in [0.2, 0.25) is 0 Å². The van der Waals surface area contributed by atoms with Gasteiger partial charge in [0.15, 0.2) is 5.69 Å². The van der Waals surface area contributed by atoms with Crippen LogP contribution in [-0.4, -0.2) is 28.4 Å². The van der Waals surface area contributed by atoms with Gasteiger partial charge in [0, 0.05) is 39.6 Å². The van der Waals surface area contributed by atoms with Gasteiger partial charge in [0.25, 0.3) is 5.91 Å². The Labute approximate surface area is 186 Å². The van der Waals surface area contributed by atoms with Gasteiger partial charge >= 0.3 is 0 Å². The highest BCUT2D eigenvalue weighted by atomic mass is 16.5. The van der Waals surface area contributed by atoms with Crippen molar-refractivity contribution in [2.45, 2.75) is 32.2 Å². The molecule has 32 heavy (non-hydrogen) atoms. The number of rotatable bonds is 4. The standard InChI is InChI=1S/C25H24N4O3/c1-25(2,3)23-20-21(26-27-23)24(30)29(22(20)17-10-5-6-11-19(17)31-4)16-9-7-8-15(14-16)18-12-13-32-28-18/h5-14,22H,1-4H3,(H,26,27). The summed E-state index contributed by atoms with van der Waals surface area (Å²) in [4.78, 5) is 15.5. The zero-order chi connectivity index (χ0) is 22.5. The van der Waals surface area contributed by atoms with Gasteiger partial charge in [-0.15, -0.1) is 0 Å². The van der Waals surface area contributed by atoms with Crippen LogP contribution in [0.1, 0.15) is 54.1 Å². The van der Waals surface area contributed by atoms with Crippen LogP contribution >= 0.6 is 0 Å². The van der Waals surface area contributed by atoms with E-state index in [0.717, 1.165) is 33.8 Å². The Hall–Kier alpha value is -3.87. The number of aromatic amines is 1. The van der Waals surface area contributed by atoms with E-state index in [4.69, 9.17) is 9.26 Å². The fourth-order valence-corrected chi connectivity index (χ4v) is 4.34. The molecule has 4 aromatic rings. The zero-order valence-electron chi connectivity index (χ0n) is 18.4. The third-order valence-electron chi connectivity index (χ3n) is 5.80. The molecule has 0 spiro atoms. The van der Waals surface area contributed by atoms with E-state index in [2.05, 4.69) is 36.1 Å². The van der Waals surface area contributed by atoms with Crippen LogP contribution in [0.25, 0.3) is 11.3 Å². The van der Waals surface area contributed by atoms with E-state index in [1.807, 2.05) is 48.5 Å². The van der Waals surface area contributed by atoms with Crippen LogP contribution in [0, 0.1) is 0 Å². The smallest absolute Gasteiger partial charge is 0.280 e. The van der Waals surface area contributed by atoms with Crippen LogP contribution in [0.3, 0.4) is 0 Å². The molecule has 0 saturated carbocycles. The maximum Gasteiger partial charge on any atom is 0.280 e. The molecule has 5 rings (SSSR count). The first kappa shape index (κ1) is 20.1. The molecule has 0 saturated heterocycles. The summed E-state index contributed by atoms with van der Waals surface area (Å²) in [6.45, 7) is 6.33. The second-order valence-electron chi connectivity index (χ2n) is 8.87. The van der Waals surface area contributed by atoms with Crippen LogP contribution in [0.5, 0.6) is 5.75 Å². The van der Waals surface area contributed by atoms with E-state index in [1.54, 1.807) is 18.1 Å². The molecule has 7 heteroatoms. The SMILES string of the molecule is COc1ccccc1C1c2c(n[nH]c2C(C)(C)C)C(=O)N1c1cccc(-c2ccon2)c1. The number of hydrogen-bond donors (Lipinski definition) is 1. The number of anilines is 1. The summed E-state index contributed by atoms with van der Waals surface area (Å²) in [6, 6.07) is 17.0. The Morgan fingerprint density at radius 2 is 1.91 bits per heavy atom. The number of para-hydroxylation sites is 1. The molecule has 0 fully saturated rings. The van der Waals surface area contributed by atoms with E-state index < -0.39 is 0 Å². The average Bonchev–Trinajstić information content (AvgIpc) is 3.51. The van der Waals surface area contributed by atoms with Gasteiger partial charge in [-0.3, -0.25) is 14.8 Å². The molecular formula is C25H24N4O3. The average molecular weight is 428 g/mol. The fourth-order valence-electron chi connectivity index (χ4n) is 4.34. The Morgan fingerprint density at radius 3 is 2.62 bits per heavy atom. The lowest BCUT2D eigenvalue weighted by molar-refractivity contribution is 0.0988. The Kier molecular flexibility index (Phi) is 4.62. The summed E-state index contributed by atoms with van der Waals surface area (Å²) in [7, 11) is 1.64. The van der Waals surface area contributed by atoms with Gasteiger partial charge in [-0.1, -0.05) is 56.3 Å². The summed E-state index contributed by atoms with van der Waals surface area (Å²) in [5.74, 6) is 0.567. The summed E-state index contributed by atoms with van der Waals surface area (Å²) in [5, 5.41) is 11.6. The first-order valence-corrected chi connectivity index (χ1v) is 10.5. The van der Waals surface area contributed by atoms with Crippen molar-refractivity contribution in [1.29, 1.82) is 0 Å². The van der Waals surface area contributed by atoms with Gasteiger partial charge in [-0.2, -0.15) is 5.10 Å². The Balaban J connectivity index is 1.73. The number of nitrogens with zero attached hydrogens (tertiary/aromatic N) is 3. The largest absolute Gasteiger partial charge is 0.496 e. The molecule has 1 amide bonds. The summed E-state index contributed by atoms with van der Waals surface area (Å²) < 4.78 is 10.7. The molecular weight excluding hydrogens is 404 g/mol. The minimum absolute atomic E-state index is 0.153. The minimum atomic E-state index is -0.380. The van der Waals surface area contributed by atoms with Crippen molar-refractivity contribution >= 4 is 11.6 Å². The van der Waals surface area contributed by atoms with Crippen LogP contribution in [0.2, 0.25) is 0 Å². The zero-order valence-corrected chi connectivity index (χ0v) is 18.4. The van der Waals surface area contributed by atoms with Crippen LogP contribution in [-0.2, 0) is 5.41 Å². The number of H-pyrrole nitrogens is 1. The maximum atomic E-state index is 13.7. The Bertz CT molecular complexity index is 1280. The van der Waals surface area contributed by atoms with E-state index in [0.29, 0.717) is 11.4 Å². The lowest BCUT2D eigenvalue weighted by Crippen LogP contribution is -2.30. The van der Waals surface area contributed by atoms with Gasteiger partial charge in [-0.05, 0) is 18.2 Å². The van der Waals surface area contributed by atoms with E-state index in [1.165, 1.54) is 6.26 Å². The van der Waals surface area contributed by atoms with Gasteiger partial charge in [0.1, 0.15) is 17.7 Å². The highest BCUT2D eigenvalue weighted by Crippen LogP contribution is 2.47. The maximum absolute atomic E-state index is 13.7. The Morgan fingerprint density at radius 1 is 1.09 bits per heavy atom. The van der Waals surface area contributed by atoms with Crippen molar-refractivity contribution < 1.29 is 14.1 Å². The number of fused-ring (bicyclic) bond motifs is 1. The molecule has 1 atom stereocenters. The van der Waals surface area contributed by atoms with Crippen LogP contribution in [0.15, 0.2) is 65.4 Å². The van der Waals surface area contributed by atoms with Gasteiger partial charge in [-0.25, -0.2) is 0 Å². The number of methoxy groups -OCH3 is 1. The third kappa shape index (κ3) is 3.09. The van der Waals surface area contributed by atoms with Crippen molar-refractivity contribution in [3.8, 4) is 17.0 Å². The summed E-state index contributed by atoms with van der Waals surface area (Å²) in [6.07, 6.45) is 1.53. The quantitative estimate of drug-likeness (QED) is 0.488. The predicted octanol–water partition coefficient (Wildman–Crippen LogP) is 5.12. The molecule has 0 radical (unpaired) electrons. The number of carbonyl (C=O) groups excluding carboxylic acids is 1. The number of ether oxygens (including phenoxy) is 1. The van der Waals surface area contributed by atoms with Gasteiger partial charge in [0.05, 0.1) is 13.2 Å². The van der Waals surface area contributed by atoms with E-state index in [9.17, 15) is 4.79 Å². The highest BCUT2D eigenvalue weighted by Gasteiger charge is 2.45. The second kappa shape index (κ2) is 7.37. The number of hydrogen-bond acceptors (Lipinski definition) is 5. The van der Waals surface area contributed by atoms with Gasteiger partial charge < -0.3 is 9.26 Å². The summed E-state index contributed by atoms with van der Waals surface area (Å²) in [5.41, 5.74) is 5.28. The molecule has 7 nitrogen and oxygen atoms in total. The van der Waals surface area contributed by atoms with Crippen LogP contribution in [0.4, 0.5) is 5.69 Å². The molecule has 0 aliphatic carbocycles. The molecule has 1 aliphatic heterocycles. The van der Waals surface area contributed by atoms with Crippen LogP contribution < -0.4 is 9.64 Å². The molecule has 1 aliphatic rings. The fraction of sp³-hybridized carbons (Fsp3) is 0.240. The molecule has 2 aromatic heterocycles. The first-order chi connectivity index (χ1) is 15.4. The molecule has 0 bridgehead atoms. The third-order valence-corrected chi connectivity index (χ3v) is 5.80. The van der Waals surface area contributed by atoms with E-state index >= 15 is 0 Å². The topological polar surface area (TPSA) is 84.2 Å². The molecule has 1 unspecified atom stereocenters. The highest BCUT2D eigenvalue weighted by molar-refractivity contribution is 6.11. The predicted molar refractivity (Wildman–Crippen MR) is 121 cm³/mol. The normalized spacial score (nSPS) is 15.8. The number of nitrogens with one attached hydrogen (secondary N) is 1. The second-order valence-corrected chi connectivity index (χ2v) is 8.87. The lowest BCUT2D eigenvalue weighted by Gasteiger charge is -2.29. The summed E-state index contributed by atoms with van der Waals surface area (Å²) >= 11 is 0. The van der Waals surface area contributed by atoms with Crippen molar-refractivity contribution in [3.05, 3.63) is 83.4 Å². The van der Waals surface area contributed by atoms with Crippen molar-refractivity contribution in [1.82, 2.24) is 15.4 Å². The van der Waals surface area contributed by atoms with Crippen molar-refractivity contribution in [3.63, 3.8) is 0 Å². The van der Waals surface area contributed by atoms with Crippen molar-refractivity contribution in [2.75, 3.05) is 12.0 Å². The van der Waals surface area contributed by atoms with Crippen molar-refractivity contribution in [2.24, 2.45) is 0 Å². The number of amides is 1. The monoisotopic (exact) mass is 428 g/mol. The molecule has 3 heterocycles.